The highest BCUT2D eigenvalue weighted by Gasteiger charge is 2.16. The molecular weight excluding hydrogens is 288 g/mol. The maximum Gasteiger partial charge on any atom is 0.273 e. The van der Waals surface area contributed by atoms with E-state index in [-0.39, 0.29) is 0 Å². The van der Waals surface area contributed by atoms with E-state index >= 15 is 0 Å². The van der Waals surface area contributed by atoms with Crippen LogP contribution >= 0.6 is 0 Å². The second-order valence-corrected chi connectivity index (χ2v) is 5.43. The fraction of sp³-hybridized carbons (Fsp3) is 0.263. The van der Waals surface area contributed by atoms with Crippen molar-refractivity contribution in [1.82, 2.24) is 5.43 Å². The van der Waals surface area contributed by atoms with Crippen molar-refractivity contribution in [3.63, 3.8) is 0 Å². The number of hydrazone groups is 1. The number of benzene rings is 2. The Kier molecular flexibility index (Phi) is 6.06. The normalized spacial score (nSPS) is 12.7. The van der Waals surface area contributed by atoms with Crippen molar-refractivity contribution in [2.45, 2.75) is 32.8 Å². The van der Waals surface area contributed by atoms with Crippen molar-refractivity contribution in [3.8, 4) is 0 Å². The van der Waals surface area contributed by atoms with Crippen molar-refractivity contribution in [2.24, 2.45) is 5.10 Å². The van der Waals surface area contributed by atoms with E-state index in [0.717, 1.165) is 18.4 Å². The van der Waals surface area contributed by atoms with Crippen molar-refractivity contribution in [3.05, 3.63) is 71.3 Å². The number of aliphatic hydroxyl groups excluding tert-OH is 1. The predicted octanol–water partition coefficient (Wildman–Crippen LogP) is 3.21. The Bertz CT molecular complexity index is 664. The first kappa shape index (κ1) is 16.9. The summed E-state index contributed by atoms with van der Waals surface area (Å²) in [6.07, 6.45) is 0.941. The molecule has 0 radical (unpaired) electrons. The van der Waals surface area contributed by atoms with Crippen LogP contribution in [0.5, 0.6) is 0 Å². The topological polar surface area (TPSA) is 61.7 Å². The summed E-state index contributed by atoms with van der Waals surface area (Å²) in [7, 11) is 0. The zero-order valence-corrected chi connectivity index (χ0v) is 13.5. The van der Waals surface area contributed by atoms with Crippen molar-refractivity contribution in [2.75, 3.05) is 0 Å². The molecule has 0 fully saturated rings. The van der Waals surface area contributed by atoms with Gasteiger partial charge in [-0.1, -0.05) is 67.9 Å². The molecule has 0 bridgehead atoms. The number of aryl methyl sites for hydroxylation is 1. The lowest BCUT2D eigenvalue weighted by Gasteiger charge is -2.09. The Hall–Kier alpha value is -2.46. The lowest BCUT2D eigenvalue weighted by Crippen LogP contribution is -2.26. The summed E-state index contributed by atoms with van der Waals surface area (Å²) in [4.78, 5) is 12.0. The van der Waals surface area contributed by atoms with Gasteiger partial charge in [-0.05, 0) is 30.0 Å². The van der Waals surface area contributed by atoms with Gasteiger partial charge in [0.05, 0.1) is 5.71 Å². The molecular formula is C19H22N2O2. The number of nitrogens with one attached hydrogen (secondary N) is 1. The molecule has 0 saturated heterocycles. The monoisotopic (exact) mass is 310 g/mol. The fourth-order valence-electron chi connectivity index (χ4n) is 2.25. The number of nitrogens with zero attached hydrogens (tertiary/aromatic N) is 1. The minimum absolute atomic E-state index is 0.543. The first-order valence-electron chi connectivity index (χ1n) is 7.78. The van der Waals surface area contributed by atoms with Crippen LogP contribution in [0.3, 0.4) is 0 Å². The number of carbonyl (C=O) groups is 1. The fourth-order valence-corrected chi connectivity index (χ4v) is 2.25. The molecule has 0 aromatic heterocycles. The van der Waals surface area contributed by atoms with E-state index in [1.807, 2.05) is 25.1 Å². The van der Waals surface area contributed by atoms with E-state index in [4.69, 9.17) is 0 Å². The molecule has 2 N–H and O–H groups in total. The van der Waals surface area contributed by atoms with Gasteiger partial charge in [0.2, 0.25) is 0 Å². The molecule has 1 unspecified atom stereocenters. The Morgan fingerprint density at radius 2 is 1.78 bits per heavy atom. The van der Waals surface area contributed by atoms with Gasteiger partial charge in [-0.3, -0.25) is 4.79 Å². The molecule has 4 heteroatoms. The van der Waals surface area contributed by atoms with Gasteiger partial charge in [0, 0.05) is 0 Å². The van der Waals surface area contributed by atoms with Crippen molar-refractivity contribution in [1.29, 1.82) is 0 Å². The van der Waals surface area contributed by atoms with Crippen LogP contribution in [0.1, 0.15) is 43.1 Å². The van der Waals surface area contributed by atoms with Crippen molar-refractivity contribution >= 4 is 11.6 Å². The number of rotatable bonds is 6. The Morgan fingerprint density at radius 3 is 2.39 bits per heavy atom. The SMILES string of the molecule is CCCc1ccc(/C(C)=N/NC(=O)C(O)c2ccccc2)cc1. The molecule has 4 nitrogen and oxygen atoms in total. The van der Waals surface area contributed by atoms with Gasteiger partial charge in [0.1, 0.15) is 0 Å². The molecule has 2 rings (SSSR count). The second kappa shape index (κ2) is 8.25. The zero-order chi connectivity index (χ0) is 16.7. The molecule has 1 atom stereocenters. The molecule has 0 aliphatic carbocycles. The number of aliphatic hydroxyl groups is 1. The highest BCUT2D eigenvalue weighted by Crippen LogP contribution is 2.12. The van der Waals surface area contributed by atoms with E-state index < -0.39 is 12.0 Å². The molecule has 120 valence electrons. The van der Waals surface area contributed by atoms with Gasteiger partial charge in [-0.25, -0.2) is 5.43 Å². The van der Waals surface area contributed by atoms with Gasteiger partial charge >= 0.3 is 0 Å². The van der Waals surface area contributed by atoms with Gasteiger partial charge < -0.3 is 5.11 Å². The maximum absolute atomic E-state index is 12.0. The lowest BCUT2D eigenvalue weighted by atomic mass is 10.1. The summed E-state index contributed by atoms with van der Waals surface area (Å²) in [5.41, 5.74) is 5.89. The number of hydrogen-bond donors (Lipinski definition) is 2. The molecule has 0 aliphatic rings. The molecule has 1 amide bonds. The van der Waals surface area contributed by atoms with E-state index in [9.17, 15) is 9.90 Å². The number of carbonyl (C=O) groups excluding carboxylic acids is 1. The third-order valence-electron chi connectivity index (χ3n) is 3.61. The Labute approximate surface area is 136 Å². The van der Waals surface area contributed by atoms with Gasteiger partial charge in [-0.15, -0.1) is 0 Å². The smallest absolute Gasteiger partial charge is 0.273 e. The number of amides is 1. The summed E-state index contributed by atoms with van der Waals surface area (Å²) >= 11 is 0. The van der Waals surface area contributed by atoms with E-state index in [0.29, 0.717) is 11.3 Å². The third kappa shape index (κ3) is 4.76. The molecule has 0 heterocycles. The lowest BCUT2D eigenvalue weighted by molar-refractivity contribution is -0.129. The number of hydrogen-bond acceptors (Lipinski definition) is 3. The van der Waals surface area contributed by atoms with Crippen LogP contribution in [0, 0.1) is 0 Å². The molecule has 0 spiro atoms. The average molecular weight is 310 g/mol. The third-order valence-corrected chi connectivity index (χ3v) is 3.61. The molecule has 0 saturated carbocycles. The Morgan fingerprint density at radius 1 is 1.13 bits per heavy atom. The minimum Gasteiger partial charge on any atom is -0.378 e. The van der Waals surface area contributed by atoms with Crippen LogP contribution in [-0.4, -0.2) is 16.7 Å². The van der Waals surface area contributed by atoms with Crippen LogP contribution in [0.2, 0.25) is 0 Å². The minimum atomic E-state index is -1.22. The van der Waals surface area contributed by atoms with Crippen molar-refractivity contribution < 1.29 is 9.90 Å². The summed E-state index contributed by atoms with van der Waals surface area (Å²) in [6, 6.07) is 16.9. The van der Waals surface area contributed by atoms with E-state index in [2.05, 4.69) is 29.6 Å². The standard InChI is InChI=1S/C19H22N2O2/c1-3-7-15-10-12-16(13-11-15)14(2)20-21-19(23)18(22)17-8-5-4-6-9-17/h4-6,8-13,18,22H,3,7H2,1-2H3,(H,21,23)/b20-14+. The molecule has 23 heavy (non-hydrogen) atoms. The summed E-state index contributed by atoms with van der Waals surface area (Å²) in [6.45, 7) is 3.97. The predicted molar refractivity (Wildman–Crippen MR) is 92.2 cm³/mol. The summed E-state index contributed by atoms with van der Waals surface area (Å²) in [5.74, 6) is -0.543. The van der Waals surface area contributed by atoms with E-state index in [1.165, 1.54) is 5.56 Å². The molecule has 2 aromatic carbocycles. The van der Waals surface area contributed by atoms with Crippen LogP contribution in [-0.2, 0) is 11.2 Å². The first-order chi connectivity index (χ1) is 11.1. The van der Waals surface area contributed by atoms with Crippen LogP contribution in [0.25, 0.3) is 0 Å². The van der Waals surface area contributed by atoms with Gasteiger partial charge in [0.15, 0.2) is 6.10 Å². The average Bonchev–Trinajstić information content (AvgIpc) is 2.60. The van der Waals surface area contributed by atoms with Crippen LogP contribution in [0.4, 0.5) is 0 Å². The summed E-state index contributed by atoms with van der Waals surface area (Å²) < 4.78 is 0. The Balaban J connectivity index is 1.99. The molecule has 0 aliphatic heterocycles. The zero-order valence-electron chi connectivity index (χ0n) is 13.5. The first-order valence-corrected chi connectivity index (χ1v) is 7.78. The highest BCUT2D eigenvalue weighted by molar-refractivity contribution is 5.99. The molecule has 2 aromatic rings. The van der Waals surface area contributed by atoms with E-state index in [1.54, 1.807) is 24.3 Å². The van der Waals surface area contributed by atoms with Gasteiger partial charge in [-0.2, -0.15) is 5.10 Å². The van der Waals surface area contributed by atoms with Gasteiger partial charge in [0.25, 0.3) is 5.91 Å². The largest absolute Gasteiger partial charge is 0.378 e. The maximum atomic E-state index is 12.0. The quantitative estimate of drug-likeness (QED) is 0.636. The second-order valence-electron chi connectivity index (χ2n) is 5.43. The van der Waals surface area contributed by atoms with Crippen LogP contribution in [0.15, 0.2) is 59.7 Å². The summed E-state index contributed by atoms with van der Waals surface area (Å²) in [5, 5.41) is 14.1. The highest BCUT2D eigenvalue weighted by atomic mass is 16.3. The van der Waals surface area contributed by atoms with Crippen LogP contribution < -0.4 is 5.43 Å².